The molecule has 0 radical (unpaired) electrons. The molecule has 4 atom stereocenters. The van der Waals surface area contributed by atoms with Crippen molar-refractivity contribution in [2.45, 2.75) is 69.1 Å². The number of hydrogen-bond donors (Lipinski definition) is 4. The molecule has 4 amide bonds. The van der Waals surface area contributed by atoms with Crippen molar-refractivity contribution in [3.05, 3.63) is 48.0 Å². The lowest BCUT2D eigenvalue weighted by atomic mass is 9.98. The molecule has 4 rings (SSSR count). The lowest BCUT2D eigenvalue weighted by Crippen LogP contribution is -2.57. The molecule has 0 bridgehead atoms. The fourth-order valence-electron chi connectivity index (χ4n) is 5.43. The molecule has 2 saturated heterocycles. The maximum Gasteiger partial charge on any atom is 0.251 e. The molecule has 0 aromatic heterocycles. The third-order valence-corrected chi connectivity index (χ3v) is 7.85. The van der Waals surface area contributed by atoms with E-state index in [1.54, 1.807) is 17.0 Å². The molecule has 0 spiro atoms. The molecule has 2 aromatic carbocycles. The van der Waals surface area contributed by atoms with Gasteiger partial charge in [0, 0.05) is 11.6 Å². The van der Waals surface area contributed by atoms with Crippen LogP contribution in [0.25, 0.3) is 10.8 Å². The van der Waals surface area contributed by atoms with Crippen LogP contribution in [0.2, 0.25) is 0 Å². The summed E-state index contributed by atoms with van der Waals surface area (Å²) in [5.74, 6) is -2.09. The summed E-state index contributed by atoms with van der Waals surface area (Å²) in [5, 5.41) is 17.1. The first-order valence-corrected chi connectivity index (χ1v) is 15.0. The van der Waals surface area contributed by atoms with Gasteiger partial charge in [-0.15, -0.1) is 0 Å². The zero-order chi connectivity index (χ0) is 28.2. The van der Waals surface area contributed by atoms with E-state index in [4.69, 9.17) is 0 Å². The summed E-state index contributed by atoms with van der Waals surface area (Å²) < 4.78 is 24.4. The molecule has 2 aliphatic rings. The topological polar surface area (TPSA) is 162 Å². The van der Waals surface area contributed by atoms with E-state index in [0.717, 1.165) is 36.3 Å². The number of hydrogen-bond acceptors (Lipinski definition) is 7. The minimum absolute atomic E-state index is 0.158. The van der Waals surface area contributed by atoms with Gasteiger partial charge in [-0.05, 0) is 48.6 Å². The van der Waals surface area contributed by atoms with Gasteiger partial charge < -0.3 is 20.6 Å². The van der Waals surface area contributed by atoms with Crippen LogP contribution in [0.3, 0.4) is 0 Å². The number of carbonyl (C=O) groups excluding carboxylic acids is 4. The summed E-state index contributed by atoms with van der Waals surface area (Å²) in [6.45, 7) is -0.586. The van der Waals surface area contributed by atoms with E-state index in [1.807, 2.05) is 35.1 Å². The van der Waals surface area contributed by atoms with Gasteiger partial charge in [0.1, 0.15) is 12.1 Å². The average Bonchev–Trinajstić information content (AvgIpc) is 3.30. The summed E-state index contributed by atoms with van der Waals surface area (Å²) >= 11 is 0. The Morgan fingerprint density at radius 2 is 1.74 bits per heavy atom. The third kappa shape index (κ3) is 7.12. The van der Waals surface area contributed by atoms with Gasteiger partial charge in [-0.25, -0.2) is 8.42 Å². The Morgan fingerprint density at radius 1 is 1.03 bits per heavy atom. The van der Waals surface area contributed by atoms with Gasteiger partial charge in [0.25, 0.3) is 5.91 Å². The Hall–Kier alpha value is -3.51. The van der Waals surface area contributed by atoms with E-state index in [9.17, 15) is 32.7 Å². The average molecular weight is 559 g/mol. The minimum Gasteiger partial charge on any atom is -0.394 e. The first-order chi connectivity index (χ1) is 18.6. The smallest absolute Gasteiger partial charge is 0.251 e. The second kappa shape index (κ2) is 12.1. The SMILES string of the molecule is CS(=O)(=O)NC(=O)CC(CO)NC(=O)C1CCC2CCCCC(NC(=O)c3ccc4ccccc4c3)C(=O)N21. The Morgan fingerprint density at radius 3 is 2.46 bits per heavy atom. The van der Waals surface area contributed by atoms with E-state index >= 15 is 0 Å². The van der Waals surface area contributed by atoms with E-state index in [-0.39, 0.29) is 17.9 Å². The predicted octanol–water partition coefficient (Wildman–Crippen LogP) is 0.815. The molecule has 2 aliphatic heterocycles. The quantitative estimate of drug-likeness (QED) is 0.373. The van der Waals surface area contributed by atoms with Crippen molar-refractivity contribution >= 4 is 44.4 Å². The van der Waals surface area contributed by atoms with Crippen molar-refractivity contribution in [1.82, 2.24) is 20.3 Å². The number of nitrogens with zero attached hydrogens (tertiary/aromatic N) is 1. The van der Waals surface area contributed by atoms with Gasteiger partial charge in [-0.2, -0.15) is 0 Å². The van der Waals surface area contributed by atoms with Gasteiger partial charge in [-0.3, -0.25) is 23.9 Å². The summed E-state index contributed by atoms with van der Waals surface area (Å²) in [7, 11) is -3.78. The molecule has 210 valence electrons. The van der Waals surface area contributed by atoms with Crippen molar-refractivity contribution in [3.63, 3.8) is 0 Å². The summed E-state index contributed by atoms with van der Waals surface area (Å²) in [5.41, 5.74) is 0.439. The molecule has 11 nitrogen and oxygen atoms in total. The number of rotatable bonds is 8. The van der Waals surface area contributed by atoms with Crippen LogP contribution < -0.4 is 15.4 Å². The minimum atomic E-state index is -3.78. The standard InChI is InChI=1S/C27H34N4O7S/c1-39(37,38)30-24(33)15-20(16-32)28-26(35)23-13-12-21-8-4-5-9-22(27(36)31(21)23)29-25(34)19-11-10-17-6-2-3-7-18(17)14-19/h2-3,6-7,10-11,14,20-23,32H,4-5,8-9,12-13,15-16H2,1H3,(H,28,35)(H,29,34)(H,30,33). The van der Waals surface area contributed by atoms with Crippen LogP contribution in [-0.2, 0) is 24.4 Å². The molecule has 2 aromatic rings. The first-order valence-electron chi connectivity index (χ1n) is 13.1. The second-order valence-electron chi connectivity index (χ2n) is 10.3. The molecule has 0 aliphatic carbocycles. The molecule has 2 heterocycles. The number of nitrogens with one attached hydrogen (secondary N) is 3. The van der Waals surface area contributed by atoms with Gasteiger partial charge in [0.2, 0.25) is 27.7 Å². The normalized spacial score (nSPS) is 22.4. The highest BCUT2D eigenvalue weighted by Gasteiger charge is 2.44. The van der Waals surface area contributed by atoms with Crippen molar-refractivity contribution < 1.29 is 32.7 Å². The highest BCUT2D eigenvalue weighted by atomic mass is 32.2. The van der Waals surface area contributed by atoms with Gasteiger partial charge in [0.05, 0.1) is 25.3 Å². The summed E-state index contributed by atoms with van der Waals surface area (Å²) in [6, 6.07) is 10.2. The van der Waals surface area contributed by atoms with Crippen molar-refractivity contribution in [1.29, 1.82) is 0 Å². The molecular weight excluding hydrogens is 524 g/mol. The zero-order valence-electron chi connectivity index (χ0n) is 21.8. The highest BCUT2D eigenvalue weighted by molar-refractivity contribution is 7.89. The maximum atomic E-state index is 13.7. The van der Waals surface area contributed by atoms with Crippen LogP contribution >= 0.6 is 0 Å². The second-order valence-corrected chi connectivity index (χ2v) is 12.0. The van der Waals surface area contributed by atoms with E-state index < -0.39 is 53.0 Å². The summed E-state index contributed by atoms with van der Waals surface area (Å²) in [4.78, 5) is 53.6. The number of aliphatic hydroxyl groups is 1. The number of sulfonamides is 1. The predicted molar refractivity (Wildman–Crippen MR) is 144 cm³/mol. The Labute approximate surface area is 227 Å². The largest absolute Gasteiger partial charge is 0.394 e. The third-order valence-electron chi connectivity index (χ3n) is 7.25. The van der Waals surface area contributed by atoms with E-state index in [2.05, 4.69) is 10.6 Å². The van der Waals surface area contributed by atoms with Crippen molar-refractivity contribution in [3.8, 4) is 0 Å². The number of fused-ring (bicyclic) bond motifs is 2. The molecule has 12 heteroatoms. The summed E-state index contributed by atoms with van der Waals surface area (Å²) in [6.07, 6.45) is 4.20. The fraction of sp³-hybridized carbons (Fsp3) is 0.481. The molecule has 2 fully saturated rings. The molecule has 4 N–H and O–H groups in total. The monoisotopic (exact) mass is 558 g/mol. The fourth-order valence-corrected chi connectivity index (χ4v) is 5.92. The Kier molecular flexibility index (Phi) is 8.86. The van der Waals surface area contributed by atoms with E-state index in [1.165, 1.54) is 0 Å². The molecule has 39 heavy (non-hydrogen) atoms. The lowest BCUT2D eigenvalue weighted by Gasteiger charge is -2.35. The Balaban J connectivity index is 1.46. The first kappa shape index (κ1) is 28.5. The van der Waals surface area contributed by atoms with Crippen molar-refractivity contribution in [2.24, 2.45) is 0 Å². The zero-order valence-corrected chi connectivity index (χ0v) is 22.6. The van der Waals surface area contributed by atoms with Crippen LogP contribution in [-0.4, -0.2) is 79.1 Å². The lowest BCUT2D eigenvalue weighted by molar-refractivity contribution is -0.143. The van der Waals surface area contributed by atoms with Crippen molar-refractivity contribution in [2.75, 3.05) is 12.9 Å². The van der Waals surface area contributed by atoms with Crippen LogP contribution in [0.15, 0.2) is 42.5 Å². The number of benzene rings is 2. The van der Waals surface area contributed by atoms with Gasteiger partial charge >= 0.3 is 0 Å². The molecule has 0 saturated carbocycles. The number of aliphatic hydroxyl groups excluding tert-OH is 1. The number of carbonyl (C=O) groups is 4. The molecular formula is C27H34N4O7S. The van der Waals surface area contributed by atoms with E-state index in [0.29, 0.717) is 24.8 Å². The maximum absolute atomic E-state index is 13.7. The number of amides is 4. The molecule has 4 unspecified atom stereocenters. The van der Waals surface area contributed by atoms with Crippen LogP contribution in [0.5, 0.6) is 0 Å². The van der Waals surface area contributed by atoms with Crippen LogP contribution in [0.4, 0.5) is 0 Å². The van der Waals surface area contributed by atoms with Gasteiger partial charge in [0.15, 0.2) is 0 Å². The Bertz CT molecular complexity index is 1360. The van der Waals surface area contributed by atoms with Gasteiger partial charge in [-0.1, -0.05) is 43.2 Å². The van der Waals surface area contributed by atoms with Crippen LogP contribution in [0.1, 0.15) is 55.3 Å². The highest BCUT2D eigenvalue weighted by Crippen LogP contribution is 2.31. The van der Waals surface area contributed by atoms with Crippen LogP contribution in [0, 0.1) is 0 Å².